The number of piperidine rings is 1. The number of nitrogens with two attached hydrogens (primary N) is 1. The highest BCUT2D eigenvalue weighted by Gasteiger charge is 2.24. The number of aliphatic hydroxyl groups excluding tert-OH is 1. The van der Waals surface area contributed by atoms with Gasteiger partial charge in [0.05, 0.1) is 5.69 Å². The lowest BCUT2D eigenvalue weighted by atomic mass is 9.94. The maximum Gasteiger partial charge on any atom is 0.253 e. The molecule has 1 aromatic carbocycles. The maximum absolute atomic E-state index is 12.3. The number of hydrogen-bond donors (Lipinski definition) is 3. The summed E-state index contributed by atoms with van der Waals surface area (Å²) in [4.78, 5) is 14.1. The maximum atomic E-state index is 12.3. The summed E-state index contributed by atoms with van der Waals surface area (Å²) in [5.74, 6) is 0.220. The normalized spacial score (nSPS) is 19.4. The van der Waals surface area contributed by atoms with Crippen molar-refractivity contribution in [2.45, 2.75) is 19.3 Å². The molecule has 1 atom stereocenters. The molecule has 1 saturated heterocycles. The molecule has 2 rings (SSSR count). The summed E-state index contributed by atoms with van der Waals surface area (Å²) in [5.41, 5.74) is 6.25. The number of carbonyl (C=O) groups excluding carboxylic acids is 1. The molecule has 5 nitrogen and oxygen atoms in total. The molecule has 0 radical (unpaired) electrons. The van der Waals surface area contributed by atoms with Crippen molar-refractivity contribution < 1.29 is 15.0 Å². The minimum atomic E-state index is -0.0852. The fraction of sp³-hybridized carbons (Fsp3) is 0.500. The molecule has 4 N–H and O–H groups in total. The Morgan fingerprint density at radius 2 is 2.26 bits per heavy atom. The molecule has 5 heteroatoms. The smallest absolute Gasteiger partial charge is 0.253 e. The number of likely N-dealkylation sites (tertiary alicyclic amines) is 1. The van der Waals surface area contributed by atoms with Crippen molar-refractivity contribution in [3.05, 3.63) is 23.8 Å². The third-order valence-corrected chi connectivity index (χ3v) is 3.62. The number of amides is 1. The van der Waals surface area contributed by atoms with Gasteiger partial charge >= 0.3 is 0 Å². The van der Waals surface area contributed by atoms with Crippen LogP contribution in [-0.2, 0) is 0 Å². The molecule has 1 heterocycles. The number of benzene rings is 1. The number of phenolic OH excluding ortho intramolecular Hbond substituents is 1. The zero-order chi connectivity index (χ0) is 13.8. The van der Waals surface area contributed by atoms with E-state index in [4.69, 9.17) is 10.8 Å². The van der Waals surface area contributed by atoms with E-state index in [0.717, 1.165) is 25.8 Å². The second kappa shape index (κ2) is 5.93. The quantitative estimate of drug-likeness (QED) is 0.565. The van der Waals surface area contributed by atoms with Gasteiger partial charge in [0.2, 0.25) is 0 Å². The molecule has 0 bridgehead atoms. The van der Waals surface area contributed by atoms with E-state index in [2.05, 4.69) is 0 Å². The number of rotatable bonds is 3. The van der Waals surface area contributed by atoms with Crippen molar-refractivity contribution in [2.75, 3.05) is 25.4 Å². The summed E-state index contributed by atoms with van der Waals surface area (Å²) in [6.45, 7) is 1.56. The Kier molecular flexibility index (Phi) is 4.27. The van der Waals surface area contributed by atoms with Gasteiger partial charge in [-0.2, -0.15) is 0 Å². The van der Waals surface area contributed by atoms with Crippen LogP contribution in [-0.4, -0.2) is 40.7 Å². The molecule has 0 saturated carbocycles. The van der Waals surface area contributed by atoms with Gasteiger partial charge in [-0.3, -0.25) is 4.79 Å². The number of hydrogen-bond acceptors (Lipinski definition) is 4. The van der Waals surface area contributed by atoms with Crippen LogP contribution in [0, 0.1) is 5.92 Å². The van der Waals surface area contributed by atoms with E-state index in [-0.39, 0.29) is 24.0 Å². The van der Waals surface area contributed by atoms with Gasteiger partial charge in [0.25, 0.3) is 5.91 Å². The minimum Gasteiger partial charge on any atom is -0.506 e. The topological polar surface area (TPSA) is 86.8 Å². The molecule has 0 aromatic heterocycles. The third-order valence-electron chi connectivity index (χ3n) is 3.62. The number of nitrogen functional groups attached to an aromatic ring is 1. The third kappa shape index (κ3) is 3.17. The van der Waals surface area contributed by atoms with Crippen molar-refractivity contribution in [1.82, 2.24) is 4.90 Å². The number of phenols is 1. The zero-order valence-electron chi connectivity index (χ0n) is 10.9. The summed E-state index contributed by atoms with van der Waals surface area (Å²) in [6, 6.07) is 4.58. The highest BCUT2D eigenvalue weighted by Crippen LogP contribution is 2.24. The van der Waals surface area contributed by atoms with Crippen molar-refractivity contribution in [3.63, 3.8) is 0 Å². The van der Waals surface area contributed by atoms with Crippen LogP contribution in [0.5, 0.6) is 5.75 Å². The van der Waals surface area contributed by atoms with E-state index >= 15 is 0 Å². The predicted molar refractivity (Wildman–Crippen MR) is 72.8 cm³/mol. The second-order valence-corrected chi connectivity index (χ2v) is 5.05. The number of aromatic hydroxyl groups is 1. The number of aliphatic hydroxyl groups is 1. The molecule has 0 spiro atoms. The van der Waals surface area contributed by atoms with E-state index in [1.807, 2.05) is 0 Å². The van der Waals surface area contributed by atoms with E-state index in [1.54, 1.807) is 11.0 Å². The summed E-state index contributed by atoms with van der Waals surface area (Å²) in [6.07, 6.45) is 2.74. The standard InChI is InChI=1S/C14H20N2O3/c15-12-4-3-11(8-13(12)18)14(19)16-6-1-2-10(9-16)5-7-17/h3-4,8,10,17-18H,1-2,5-7,9,15H2. The van der Waals surface area contributed by atoms with E-state index < -0.39 is 0 Å². The average Bonchev–Trinajstić information content (AvgIpc) is 2.42. The first kappa shape index (κ1) is 13.7. The molecule has 1 aliphatic heterocycles. The van der Waals surface area contributed by atoms with Crippen LogP contribution in [0.4, 0.5) is 5.69 Å². The second-order valence-electron chi connectivity index (χ2n) is 5.05. The van der Waals surface area contributed by atoms with Crippen molar-refractivity contribution >= 4 is 11.6 Å². The monoisotopic (exact) mass is 264 g/mol. The highest BCUT2D eigenvalue weighted by atomic mass is 16.3. The van der Waals surface area contributed by atoms with Crippen LogP contribution in [0.1, 0.15) is 29.6 Å². The van der Waals surface area contributed by atoms with Gasteiger partial charge in [0.15, 0.2) is 0 Å². The first-order chi connectivity index (χ1) is 9.11. The van der Waals surface area contributed by atoms with Crippen LogP contribution < -0.4 is 5.73 Å². The summed E-state index contributed by atoms with van der Waals surface area (Å²) < 4.78 is 0. The molecule has 1 fully saturated rings. The lowest BCUT2D eigenvalue weighted by Gasteiger charge is -2.32. The zero-order valence-corrected chi connectivity index (χ0v) is 10.9. The Hall–Kier alpha value is -1.75. The van der Waals surface area contributed by atoms with Crippen LogP contribution in [0.2, 0.25) is 0 Å². The Balaban J connectivity index is 2.08. The van der Waals surface area contributed by atoms with Crippen LogP contribution in [0.3, 0.4) is 0 Å². The average molecular weight is 264 g/mol. The number of nitrogens with zero attached hydrogens (tertiary/aromatic N) is 1. The SMILES string of the molecule is Nc1ccc(C(=O)N2CCCC(CCO)C2)cc1O. The minimum absolute atomic E-state index is 0.0604. The summed E-state index contributed by atoms with van der Waals surface area (Å²) >= 11 is 0. The molecule has 104 valence electrons. The number of anilines is 1. The van der Waals surface area contributed by atoms with E-state index in [9.17, 15) is 9.90 Å². The molecule has 1 aliphatic rings. The lowest BCUT2D eigenvalue weighted by Crippen LogP contribution is -2.40. The molecule has 1 amide bonds. The first-order valence-corrected chi connectivity index (χ1v) is 6.60. The molecule has 1 aromatic rings. The van der Waals surface area contributed by atoms with Gasteiger partial charge < -0.3 is 20.8 Å². The highest BCUT2D eigenvalue weighted by molar-refractivity contribution is 5.95. The lowest BCUT2D eigenvalue weighted by molar-refractivity contribution is 0.0653. The van der Waals surface area contributed by atoms with Gasteiger partial charge in [0.1, 0.15) is 5.75 Å². The predicted octanol–water partition coefficient (Wildman–Crippen LogP) is 1.21. The van der Waals surface area contributed by atoms with Crippen molar-refractivity contribution in [1.29, 1.82) is 0 Å². The fourth-order valence-electron chi connectivity index (χ4n) is 2.53. The van der Waals surface area contributed by atoms with Crippen molar-refractivity contribution in [3.8, 4) is 5.75 Å². The Morgan fingerprint density at radius 1 is 1.47 bits per heavy atom. The van der Waals surface area contributed by atoms with E-state index in [1.165, 1.54) is 12.1 Å². The van der Waals surface area contributed by atoms with E-state index in [0.29, 0.717) is 18.0 Å². The molecule has 0 aliphatic carbocycles. The van der Waals surface area contributed by atoms with Crippen LogP contribution in [0.15, 0.2) is 18.2 Å². The fourth-order valence-corrected chi connectivity index (χ4v) is 2.53. The van der Waals surface area contributed by atoms with Gasteiger partial charge in [-0.15, -0.1) is 0 Å². The Bertz CT molecular complexity index is 460. The van der Waals surface area contributed by atoms with Gasteiger partial charge in [-0.05, 0) is 43.4 Å². The summed E-state index contributed by atoms with van der Waals surface area (Å²) in [7, 11) is 0. The van der Waals surface area contributed by atoms with Gasteiger partial charge in [-0.25, -0.2) is 0 Å². The summed E-state index contributed by atoms with van der Waals surface area (Å²) in [5, 5.41) is 18.5. The van der Waals surface area contributed by atoms with Crippen LogP contribution >= 0.6 is 0 Å². The first-order valence-electron chi connectivity index (χ1n) is 6.60. The Labute approximate surface area is 112 Å². The van der Waals surface area contributed by atoms with Gasteiger partial charge in [0, 0.05) is 25.3 Å². The largest absolute Gasteiger partial charge is 0.506 e. The van der Waals surface area contributed by atoms with Crippen LogP contribution in [0.25, 0.3) is 0 Å². The molecular weight excluding hydrogens is 244 g/mol. The number of carbonyl (C=O) groups is 1. The molecular formula is C14H20N2O3. The van der Waals surface area contributed by atoms with Gasteiger partial charge in [-0.1, -0.05) is 0 Å². The molecule has 1 unspecified atom stereocenters. The molecule has 19 heavy (non-hydrogen) atoms. The Morgan fingerprint density at radius 3 is 2.95 bits per heavy atom. The van der Waals surface area contributed by atoms with Crippen molar-refractivity contribution in [2.24, 2.45) is 5.92 Å².